The van der Waals surface area contributed by atoms with Crippen LogP contribution >= 0.6 is 15.9 Å². The van der Waals surface area contributed by atoms with Gasteiger partial charge in [-0.2, -0.15) is 0 Å². The molecule has 1 aromatic rings. The largest absolute Gasteiger partial charge is 0.364 e. The second kappa shape index (κ2) is 3.72. The van der Waals surface area contributed by atoms with E-state index >= 15 is 0 Å². The van der Waals surface area contributed by atoms with Crippen LogP contribution in [0.3, 0.4) is 0 Å². The average Bonchev–Trinajstić information content (AvgIpc) is 2.83. The van der Waals surface area contributed by atoms with Crippen molar-refractivity contribution in [3.05, 3.63) is 17.0 Å². The number of hydrogen-bond acceptors (Lipinski definition) is 4. The van der Waals surface area contributed by atoms with Gasteiger partial charge < -0.3 is 10.6 Å². The highest BCUT2D eigenvalue weighted by Crippen LogP contribution is 2.29. The highest BCUT2D eigenvalue weighted by atomic mass is 79.9. The molecule has 0 radical (unpaired) electrons. The summed E-state index contributed by atoms with van der Waals surface area (Å²) in [4.78, 5) is 8.43. The molecule has 2 bridgehead atoms. The van der Waals surface area contributed by atoms with Crippen LogP contribution in [0.2, 0.25) is 0 Å². The standard InChI is InChI=1S/C10H13BrN4/c11-9-4-13-10(5-12-9)15-8-3-6-1-2-7(8)14-6/h4-8,14H,1-3H2,(H,13,15)/t6-,7+,8-/m1/s1. The zero-order valence-corrected chi connectivity index (χ0v) is 9.87. The lowest BCUT2D eigenvalue weighted by Crippen LogP contribution is -2.33. The summed E-state index contributed by atoms with van der Waals surface area (Å²) in [5.41, 5.74) is 0. The third-order valence-electron chi connectivity index (χ3n) is 3.25. The maximum absolute atomic E-state index is 4.28. The van der Waals surface area contributed by atoms with Crippen molar-refractivity contribution in [2.24, 2.45) is 0 Å². The molecule has 0 spiro atoms. The van der Waals surface area contributed by atoms with Gasteiger partial charge in [0.25, 0.3) is 0 Å². The molecule has 0 saturated carbocycles. The third kappa shape index (κ3) is 1.86. The van der Waals surface area contributed by atoms with E-state index < -0.39 is 0 Å². The Bertz CT molecular complexity index is 353. The first-order valence-corrected chi connectivity index (χ1v) is 6.11. The number of anilines is 1. The van der Waals surface area contributed by atoms with Gasteiger partial charge in [-0.3, -0.25) is 0 Å². The molecule has 4 nitrogen and oxygen atoms in total. The molecule has 2 aliphatic rings. The van der Waals surface area contributed by atoms with Crippen LogP contribution in [-0.2, 0) is 0 Å². The summed E-state index contributed by atoms with van der Waals surface area (Å²) in [7, 11) is 0. The molecule has 2 N–H and O–H groups in total. The molecule has 2 saturated heterocycles. The normalized spacial score (nSPS) is 33.3. The summed E-state index contributed by atoms with van der Waals surface area (Å²) in [6, 6.07) is 1.87. The van der Waals surface area contributed by atoms with Gasteiger partial charge in [0.05, 0.1) is 12.4 Å². The molecule has 3 atom stereocenters. The Hall–Kier alpha value is -0.680. The first kappa shape index (κ1) is 9.54. The SMILES string of the molecule is Brc1cnc(N[C@@H]2C[C@H]3CC[C@@H]2N3)cn1. The van der Waals surface area contributed by atoms with Crippen LogP contribution in [0, 0.1) is 0 Å². The van der Waals surface area contributed by atoms with Crippen molar-refractivity contribution in [2.45, 2.75) is 37.4 Å². The highest BCUT2D eigenvalue weighted by Gasteiger charge is 2.38. The Balaban J connectivity index is 1.68. The van der Waals surface area contributed by atoms with E-state index in [1.165, 1.54) is 19.3 Å². The monoisotopic (exact) mass is 268 g/mol. The van der Waals surface area contributed by atoms with Crippen molar-refractivity contribution >= 4 is 21.7 Å². The maximum Gasteiger partial charge on any atom is 0.144 e. The Morgan fingerprint density at radius 1 is 1.33 bits per heavy atom. The van der Waals surface area contributed by atoms with Gasteiger partial charge in [0, 0.05) is 18.1 Å². The minimum absolute atomic E-state index is 0.527. The number of fused-ring (bicyclic) bond motifs is 2. The van der Waals surface area contributed by atoms with E-state index in [4.69, 9.17) is 0 Å². The summed E-state index contributed by atoms with van der Waals surface area (Å²) in [5, 5.41) is 7.03. The molecule has 3 rings (SSSR count). The predicted molar refractivity (Wildman–Crippen MR) is 61.7 cm³/mol. The molecule has 0 aromatic carbocycles. The molecule has 1 aromatic heterocycles. The second-order valence-corrected chi connectivity index (χ2v) is 5.07. The number of rotatable bonds is 2. The Labute approximate surface area is 97.0 Å². The summed E-state index contributed by atoms with van der Waals surface area (Å²) in [5.74, 6) is 0.873. The van der Waals surface area contributed by atoms with Crippen LogP contribution in [0.25, 0.3) is 0 Å². The van der Waals surface area contributed by atoms with Crippen LogP contribution < -0.4 is 10.6 Å². The average molecular weight is 269 g/mol. The maximum atomic E-state index is 4.28. The lowest BCUT2D eigenvalue weighted by molar-refractivity contribution is 0.526. The smallest absolute Gasteiger partial charge is 0.144 e. The van der Waals surface area contributed by atoms with Crippen LogP contribution in [0.1, 0.15) is 19.3 Å². The second-order valence-electron chi connectivity index (χ2n) is 4.26. The third-order valence-corrected chi connectivity index (χ3v) is 3.66. The van der Waals surface area contributed by atoms with Gasteiger partial charge in [0.1, 0.15) is 10.4 Å². The molecule has 5 heteroatoms. The molecule has 0 aliphatic carbocycles. The zero-order valence-electron chi connectivity index (χ0n) is 8.28. The molecule has 0 amide bonds. The van der Waals surface area contributed by atoms with Crippen molar-refractivity contribution in [2.75, 3.05) is 5.32 Å². The van der Waals surface area contributed by atoms with Crippen molar-refractivity contribution in [1.82, 2.24) is 15.3 Å². The minimum Gasteiger partial charge on any atom is -0.364 e. The van der Waals surface area contributed by atoms with E-state index in [0.29, 0.717) is 12.1 Å². The van der Waals surface area contributed by atoms with E-state index in [9.17, 15) is 0 Å². The lowest BCUT2D eigenvalue weighted by Gasteiger charge is -2.21. The first-order chi connectivity index (χ1) is 7.31. The van der Waals surface area contributed by atoms with Gasteiger partial charge in [-0.25, -0.2) is 9.97 Å². The van der Waals surface area contributed by atoms with Gasteiger partial charge in [-0.15, -0.1) is 0 Å². The van der Waals surface area contributed by atoms with E-state index in [-0.39, 0.29) is 0 Å². The van der Waals surface area contributed by atoms with Gasteiger partial charge in [0.15, 0.2) is 0 Å². The van der Waals surface area contributed by atoms with Crippen molar-refractivity contribution < 1.29 is 0 Å². The van der Waals surface area contributed by atoms with Crippen LogP contribution in [0.15, 0.2) is 17.0 Å². The van der Waals surface area contributed by atoms with Gasteiger partial charge in [-0.05, 0) is 35.2 Å². The van der Waals surface area contributed by atoms with E-state index in [1.54, 1.807) is 12.4 Å². The lowest BCUT2D eigenvalue weighted by atomic mass is 9.95. The first-order valence-electron chi connectivity index (χ1n) is 5.31. The van der Waals surface area contributed by atoms with Crippen molar-refractivity contribution in [3.63, 3.8) is 0 Å². The molecule has 2 aliphatic heterocycles. The summed E-state index contributed by atoms with van der Waals surface area (Å²) in [6.07, 6.45) is 7.32. The molecule has 80 valence electrons. The topological polar surface area (TPSA) is 49.8 Å². The Morgan fingerprint density at radius 3 is 2.87 bits per heavy atom. The number of nitrogens with zero attached hydrogens (tertiary/aromatic N) is 2. The summed E-state index contributed by atoms with van der Waals surface area (Å²) >= 11 is 3.28. The fourth-order valence-electron chi connectivity index (χ4n) is 2.56. The number of aromatic nitrogens is 2. The Morgan fingerprint density at radius 2 is 2.27 bits per heavy atom. The molecular formula is C10H13BrN4. The van der Waals surface area contributed by atoms with Gasteiger partial charge in [-0.1, -0.05) is 0 Å². The van der Waals surface area contributed by atoms with Crippen LogP contribution in [-0.4, -0.2) is 28.1 Å². The van der Waals surface area contributed by atoms with E-state index in [2.05, 4.69) is 36.5 Å². The van der Waals surface area contributed by atoms with E-state index in [0.717, 1.165) is 16.5 Å². The molecule has 3 heterocycles. The minimum atomic E-state index is 0.527. The Kier molecular flexibility index (Phi) is 2.36. The van der Waals surface area contributed by atoms with Gasteiger partial charge in [0.2, 0.25) is 0 Å². The number of halogens is 1. The molecular weight excluding hydrogens is 256 g/mol. The van der Waals surface area contributed by atoms with Crippen molar-refractivity contribution in [1.29, 1.82) is 0 Å². The van der Waals surface area contributed by atoms with Crippen LogP contribution in [0.5, 0.6) is 0 Å². The van der Waals surface area contributed by atoms with E-state index in [1.807, 2.05) is 0 Å². The number of hydrogen-bond donors (Lipinski definition) is 2. The fourth-order valence-corrected chi connectivity index (χ4v) is 2.77. The highest BCUT2D eigenvalue weighted by molar-refractivity contribution is 9.10. The molecule has 0 unspecified atom stereocenters. The van der Waals surface area contributed by atoms with Crippen molar-refractivity contribution in [3.8, 4) is 0 Å². The molecule has 2 fully saturated rings. The molecule has 15 heavy (non-hydrogen) atoms. The summed E-state index contributed by atoms with van der Waals surface area (Å²) in [6.45, 7) is 0. The number of nitrogens with one attached hydrogen (secondary N) is 2. The summed E-state index contributed by atoms with van der Waals surface area (Å²) < 4.78 is 0.777. The van der Waals surface area contributed by atoms with Gasteiger partial charge >= 0.3 is 0 Å². The van der Waals surface area contributed by atoms with Crippen LogP contribution in [0.4, 0.5) is 5.82 Å². The quantitative estimate of drug-likeness (QED) is 0.855. The predicted octanol–water partition coefficient (Wildman–Crippen LogP) is 1.54. The zero-order chi connectivity index (χ0) is 10.3. The fraction of sp³-hybridized carbons (Fsp3) is 0.600.